The first-order valence-corrected chi connectivity index (χ1v) is 9.73. The van der Waals surface area contributed by atoms with Crippen molar-refractivity contribution in [3.63, 3.8) is 0 Å². The van der Waals surface area contributed by atoms with Gasteiger partial charge in [-0.1, -0.05) is 0 Å². The molecule has 0 unspecified atom stereocenters. The van der Waals surface area contributed by atoms with E-state index in [9.17, 15) is 9.18 Å². The average molecular weight is 455 g/mol. The molecule has 0 aliphatic rings. The maximum absolute atomic E-state index is 13.1. The fraction of sp³-hybridized carbons (Fsp3) is 0.0909. The van der Waals surface area contributed by atoms with Gasteiger partial charge in [0, 0.05) is 16.8 Å². The van der Waals surface area contributed by atoms with Crippen molar-refractivity contribution in [2.45, 2.75) is 6.92 Å². The molecule has 5 nitrogen and oxygen atoms in total. The Balaban J connectivity index is 1.56. The Morgan fingerprint density at radius 2 is 1.93 bits per heavy atom. The zero-order valence-corrected chi connectivity index (χ0v) is 17.0. The van der Waals surface area contributed by atoms with Gasteiger partial charge in [-0.3, -0.25) is 4.79 Å². The molecule has 0 saturated heterocycles. The fourth-order valence-electron chi connectivity index (χ4n) is 2.84. The molecule has 0 fully saturated rings. The number of rotatable bonds is 5. The van der Waals surface area contributed by atoms with Gasteiger partial charge in [-0.15, -0.1) is 0 Å². The Hall–Kier alpha value is -3.19. The van der Waals surface area contributed by atoms with Gasteiger partial charge in [-0.2, -0.15) is 0 Å². The Bertz CT molecular complexity index is 1190. The number of fused-ring (bicyclic) bond motifs is 1. The van der Waals surface area contributed by atoms with E-state index in [-0.39, 0.29) is 11.7 Å². The first-order valence-electron chi connectivity index (χ1n) is 8.93. The second-order valence-electron chi connectivity index (χ2n) is 6.24. The van der Waals surface area contributed by atoms with Crippen molar-refractivity contribution >= 4 is 38.6 Å². The van der Waals surface area contributed by atoms with Gasteiger partial charge in [0.15, 0.2) is 5.58 Å². The number of carbonyl (C=O) groups is 1. The van der Waals surface area contributed by atoms with E-state index in [4.69, 9.17) is 9.15 Å². The maximum Gasteiger partial charge on any atom is 0.255 e. The summed E-state index contributed by atoms with van der Waals surface area (Å²) in [5, 5.41) is 2.85. The minimum atomic E-state index is -0.323. The number of nitrogens with zero attached hydrogens (tertiary/aromatic N) is 1. The lowest BCUT2D eigenvalue weighted by atomic mass is 10.2. The van der Waals surface area contributed by atoms with Crippen LogP contribution in [0.3, 0.4) is 0 Å². The van der Waals surface area contributed by atoms with Gasteiger partial charge >= 0.3 is 0 Å². The highest BCUT2D eigenvalue weighted by atomic mass is 79.9. The van der Waals surface area contributed by atoms with Crippen molar-refractivity contribution in [1.29, 1.82) is 0 Å². The van der Waals surface area contributed by atoms with Crippen LogP contribution >= 0.6 is 15.9 Å². The number of nitrogens with one attached hydrogen (secondary N) is 1. The molecule has 0 aliphatic heterocycles. The largest absolute Gasteiger partial charge is 0.493 e. The number of amides is 1. The molecular weight excluding hydrogens is 439 g/mol. The summed E-state index contributed by atoms with van der Waals surface area (Å²) in [6.45, 7) is 2.44. The molecule has 1 amide bonds. The normalized spacial score (nSPS) is 10.9. The highest BCUT2D eigenvalue weighted by molar-refractivity contribution is 9.10. The molecule has 4 aromatic rings. The summed E-state index contributed by atoms with van der Waals surface area (Å²) in [6, 6.07) is 16.3. The molecule has 1 heterocycles. The van der Waals surface area contributed by atoms with Gasteiger partial charge in [0.1, 0.15) is 17.1 Å². The van der Waals surface area contributed by atoms with Crippen molar-refractivity contribution in [3.05, 3.63) is 76.5 Å². The maximum atomic E-state index is 13.1. The third-order valence-electron chi connectivity index (χ3n) is 4.23. The van der Waals surface area contributed by atoms with Crippen LogP contribution in [0.15, 0.2) is 69.6 Å². The lowest BCUT2D eigenvalue weighted by molar-refractivity contribution is 0.102. The van der Waals surface area contributed by atoms with E-state index in [0.717, 1.165) is 0 Å². The number of carbonyl (C=O) groups excluding carboxylic acids is 1. The first kappa shape index (κ1) is 19.1. The van der Waals surface area contributed by atoms with E-state index in [1.54, 1.807) is 48.5 Å². The van der Waals surface area contributed by atoms with Gasteiger partial charge < -0.3 is 14.5 Å². The highest BCUT2D eigenvalue weighted by Gasteiger charge is 2.12. The molecule has 7 heteroatoms. The monoisotopic (exact) mass is 454 g/mol. The zero-order valence-electron chi connectivity index (χ0n) is 15.4. The van der Waals surface area contributed by atoms with Crippen molar-refractivity contribution in [1.82, 2.24) is 4.98 Å². The Morgan fingerprint density at radius 1 is 1.14 bits per heavy atom. The van der Waals surface area contributed by atoms with E-state index in [1.165, 1.54) is 12.1 Å². The Labute approximate surface area is 174 Å². The molecule has 0 bridgehead atoms. The van der Waals surface area contributed by atoms with Crippen LogP contribution < -0.4 is 10.1 Å². The molecular formula is C22H16BrFN2O3. The molecule has 1 aromatic heterocycles. The number of hydrogen-bond acceptors (Lipinski definition) is 4. The third kappa shape index (κ3) is 4.14. The van der Waals surface area contributed by atoms with E-state index in [2.05, 4.69) is 26.2 Å². The minimum Gasteiger partial charge on any atom is -0.493 e. The van der Waals surface area contributed by atoms with Crippen LogP contribution in [0, 0.1) is 5.82 Å². The van der Waals surface area contributed by atoms with Crippen LogP contribution in [-0.4, -0.2) is 17.5 Å². The fourth-order valence-corrected chi connectivity index (χ4v) is 3.33. The minimum absolute atomic E-state index is 0.254. The predicted molar refractivity (Wildman–Crippen MR) is 113 cm³/mol. The first-order chi connectivity index (χ1) is 14.0. The number of oxazole rings is 1. The summed E-state index contributed by atoms with van der Waals surface area (Å²) in [5.41, 5.74) is 2.92. The van der Waals surface area contributed by atoms with Crippen molar-refractivity contribution in [2.24, 2.45) is 0 Å². The van der Waals surface area contributed by atoms with Gasteiger partial charge in [0.25, 0.3) is 5.91 Å². The summed E-state index contributed by atoms with van der Waals surface area (Å²) in [5.74, 6) is 0.492. The van der Waals surface area contributed by atoms with Crippen LogP contribution in [0.5, 0.6) is 5.75 Å². The number of halogens is 2. The van der Waals surface area contributed by atoms with E-state index in [1.807, 2.05) is 6.92 Å². The Morgan fingerprint density at radius 3 is 2.66 bits per heavy atom. The molecule has 0 atom stereocenters. The van der Waals surface area contributed by atoms with Gasteiger partial charge in [-0.25, -0.2) is 9.37 Å². The van der Waals surface area contributed by atoms with Crippen LogP contribution in [0.1, 0.15) is 17.3 Å². The standard InChI is InChI=1S/C22H16BrFN2O3/c1-2-28-19-9-5-14(11-17(19)23)21(27)25-16-8-10-20-18(12-16)26-22(29-20)13-3-6-15(24)7-4-13/h3-12H,2H2,1H3,(H,25,27). The van der Waals surface area contributed by atoms with Crippen molar-refractivity contribution < 1.29 is 18.3 Å². The topological polar surface area (TPSA) is 64.4 Å². The number of benzene rings is 3. The molecule has 146 valence electrons. The summed E-state index contributed by atoms with van der Waals surface area (Å²) in [4.78, 5) is 17.0. The number of hydrogen-bond donors (Lipinski definition) is 1. The van der Waals surface area contributed by atoms with Crippen LogP contribution in [-0.2, 0) is 0 Å². The SMILES string of the molecule is CCOc1ccc(C(=O)Nc2ccc3oc(-c4ccc(F)cc4)nc3c2)cc1Br. The second kappa shape index (κ2) is 8.05. The average Bonchev–Trinajstić information content (AvgIpc) is 3.13. The molecule has 0 spiro atoms. The van der Waals surface area contributed by atoms with Crippen LogP contribution in [0.4, 0.5) is 10.1 Å². The van der Waals surface area contributed by atoms with E-state index >= 15 is 0 Å². The molecule has 0 radical (unpaired) electrons. The Kier molecular flexibility index (Phi) is 5.31. The van der Waals surface area contributed by atoms with Crippen molar-refractivity contribution in [3.8, 4) is 17.2 Å². The van der Waals surface area contributed by atoms with Gasteiger partial charge in [-0.05, 0) is 83.5 Å². The zero-order chi connectivity index (χ0) is 20.4. The molecule has 3 aromatic carbocycles. The molecule has 1 N–H and O–H groups in total. The van der Waals surface area contributed by atoms with Crippen LogP contribution in [0.25, 0.3) is 22.6 Å². The van der Waals surface area contributed by atoms with Gasteiger partial charge in [0.05, 0.1) is 11.1 Å². The second-order valence-corrected chi connectivity index (χ2v) is 7.10. The number of ether oxygens (including phenoxy) is 1. The molecule has 4 rings (SSSR count). The third-order valence-corrected chi connectivity index (χ3v) is 4.85. The molecule has 0 saturated carbocycles. The number of aromatic nitrogens is 1. The quantitative estimate of drug-likeness (QED) is 0.398. The predicted octanol–water partition coefficient (Wildman–Crippen LogP) is 6.05. The summed E-state index contributed by atoms with van der Waals surface area (Å²) >= 11 is 3.41. The lowest BCUT2D eigenvalue weighted by Gasteiger charge is -2.09. The molecule has 0 aliphatic carbocycles. The van der Waals surface area contributed by atoms with Crippen molar-refractivity contribution in [2.75, 3.05) is 11.9 Å². The summed E-state index contributed by atoms with van der Waals surface area (Å²) in [6.07, 6.45) is 0. The van der Waals surface area contributed by atoms with E-state index in [0.29, 0.717) is 50.6 Å². The highest BCUT2D eigenvalue weighted by Crippen LogP contribution is 2.28. The lowest BCUT2D eigenvalue weighted by Crippen LogP contribution is -2.12. The molecule has 29 heavy (non-hydrogen) atoms. The summed E-state index contributed by atoms with van der Waals surface area (Å²) < 4.78 is 25.0. The van der Waals surface area contributed by atoms with Crippen LogP contribution in [0.2, 0.25) is 0 Å². The summed E-state index contributed by atoms with van der Waals surface area (Å²) in [7, 11) is 0. The number of anilines is 1. The van der Waals surface area contributed by atoms with E-state index < -0.39 is 0 Å². The smallest absolute Gasteiger partial charge is 0.255 e. The van der Waals surface area contributed by atoms with Gasteiger partial charge in [0.2, 0.25) is 5.89 Å².